The molecule has 2 fully saturated rings. The topological polar surface area (TPSA) is 60.7 Å². The first kappa shape index (κ1) is 10.6. The lowest BCUT2D eigenvalue weighted by atomic mass is 9.55. The molecule has 0 bridgehead atoms. The Kier molecular flexibility index (Phi) is 2.26. The molecule has 1 aromatic carbocycles. The number of aromatic hydroxyl groups is 1. The van der Waals surface area contributed by atoms with E-state index in [2.05, 4.69) is 0 Å². The van der Waals surface area contributed by atoms with Crippen LogP contribution in [-0.4, -0.2) is 27.5 Å². The van der Waals surface area contributed by atoms with Gasteiger partial charge in [-0.1, -0.05) is 13.0 Å². The van der Waals surface area contributed by atoms with Crippen molar-refractivity contribution in [3.05, 3.63) is 29.3 Å². The second-order valence-electron chi connectivity index (χ2n) is 7.20. The zero-order chi connectivity index (χ0) is 17.4. The summed E-state index contributed by atoms with van der Waals surface area (Å²) in [5, 5.41) is 30.7. The van der Waals surface area contributed by atoms with E-state index in [9.17, 15) is 15.3 Å². The van der Waals surface area contributed by atoms with Crippen molar-refractivity contribution in [2.45, 2.75) is 57.1 Å². The molecule has 3 aliphatic carbocycles. The van der Waals surface area contributed by atoms with Crippen molar-refractivity contribution in [1.29, 1.82) is 0 Å². The minimum atomic E-state index is -1.81. The molecule has 0 aliphatic heterocycles. The molecule has 2 saturated carbocycles. The van der Waals surface area contributed by atoms with Crippen molar-refractivity contribution in [1.82, 2.24) is 0 Å². The molecule has 1 aromatic rings. The van der Waals surface area contributed by atoms with E-state index in [1.54, 1.807) is 6.07 Å². The summed E-state index contributed by atoms with van der Waals surface area (Å²) < 4.78 is 24.3. The van der Waals surface area contributed by atoms with Crippen LogP contribution in [-0.2, 0) is 6.42 Å². The Balaban J connectivity index is 1.77. The van der Waals surface area contributed by atoms with Gasteiger partial charge in [0.25, 0.3) is 0 Å². The summed E-state index contributed by atoms with van der Waals surface area (Å²) in [6.07, 6.45) is 0.544. The monoisotopic (exact) mass is 291 g/mol. The van der Waals surface area contributed by atoms with Crippen LogP contribution in [0.4, 0.5) is 0 Å². The van der Waals surface area contributed by atoms with Crippen LogP contribution in [0.3, 0.4) is 0 Å². The molecule has 3 aliphatic rings. The Morgan fingerprint density at radius 1 is 1.38 bits per heavy atom. The van der Waals surface area contributed by atoms with Gasteiger partial charge in [-0.2, -0.15) is 0 Å². The molecule has 3 heteroatoms. The maximum absolute atomic E-state index is 10.6. The number of phenolic OH excluding ortho intramolecular Hbond substituents is 1. The van der Waals surface area contributed by atoms with Crippen LogP contribution >= 0.6 is 0 Å². The van der Waals surface area contributed by atoms with Gasteiger partial charge in [-0.25, -0.2) is 0 Å². The van der Waals surface area contributed by atoms with Crippen LogP contribution < -0.4 is 0 Å². The van der Waals surface area contributed by atoms with Crippen LogP contribution in [0.5, 0.6) is 5.75 Å². The predicted octanol–water partition coefficient (Wildman–Crippen LogP) is 2.58. The van der Waals surface area contributed by atoms with Crippen LogP contribution in [0.1, 0.15) is 53.8 Å². The summed E-state index contributed by atoms with van der Waals surface area (Å²) in [6, 6.07) is 1.77. The van der Waals surface area contributed by atoms with E-state index >= 15 is 0 Å². The molecule has 0 spiro atoms. The number of aliphatic hydroxyl groups is 2. The first-order valence-electron chi connectivity index (χ1n) is 9.41. The Bertz CT molecular complexity index is 705. The summed E-state index contributed by atoms with van der Waals surface area (Å²) in [7, 11) is 0. The zero-order valence-electron chi connectivity index (χ0n) is 15.3. The fraction of sp³-hybridized carbons (Fsp3) is 0.667. The molecule has 3 N–H and O–H groups in total. The number of phenols is 1. The van der Waals surface area contributed by atoms with E-state index in [0.29, 0.717) is 19.3 Å². The molecular weight excluding hydrogens is 264 g/mol. The SMILES string of the molecule is [2H]c1cc2c(c([2H])c1O)CC[C@@H]1[C@@H]2CC[C@@]2(C)[C@H]1C[C@@H](O)[C@]2([2H])O. The van der Waals surface area contributed by atoms with Gasteiger partial charge in [0.15, 0.2) is 0 Å². The van der Waals surface area contributed by atoms with Crippen molar-refractivity contribution < 1.29 is 19.4 Å². The fourth-order valence-electron chi connectivity index (χ4n) is 5.22. The van der Waals surface area contributed by atoms with Crippen LogP contribution in [0.2, 0.25) is 0 Å². The van der Waals surface area contributed by atoms with Crippen molar-refractivity contribution in [2.75, 3.05) is 0 Å². The largest absolute Gasteiger partial charge is 0.508 e. The third kappa shape index (κ3) is 1.80. The zero-order valence-corrected chi connectivity index (χ0v) is 12.3. The molecule has 0 amide bonds. The molecule has 114 valence electrons. The minimum absolute atomic E-state index is 0.00353. The van der Waals surface area contributed by atoms with Gasteiger partial charge >= 0.3 is 0 Å². The number of hydrogen-bond donors (Lipinski definition) is 3. The molecule has 4 rings (SSSR count). The second kappa shape index (κ2) is 4.47. The Morgan fingerprint density at radius 3 is 3.00 bits per heavy atom. The van der Waals surface area contributed by atoms with Crippen LogP contribution in [0, 0.1) is 17.3 Å². The molecule has 6 atom stereocenters. The lowest BCUT2D eigenvalue weighted by Gasteiger charge is -2.49. The summed E-state index contributed by atoms with van der Waals surface area (Å²) in [4.78, 5) is 0. The second-order valence-corrected chi connectivity index (χ2v) is 7.20. The van der Waals surface area contributed by atoms with Gasteiger partial charge in [0.1, 0.15) is 5.75 Å². The Labute approximate surface area is 129 Å². The first-order chi connectivity index (χ1) is 11.2. The highest BCUT2D eigenvalue weighted by Gasteiger charge is 2.57. The van der Waals surface area contributed by atoms with Gasteiger partial charge in [-0.05, 0) is 78.5 Å². The summed E-state index contributed by atoms with van der Waals surface area (Å²) in [6.45, 7) is 1.93. The molecule has 21 heavy (non-hydrogen) atoms. The predicted molar refractivity (Wildman–Crippen MR) is 80.1 cm³/mol. The van der Waals surface area contributed by atoms with E-state index in [1.165, 1.54) is 0 Å². The maximum Gasteiger partial charge on any atom is 0.115 e. The quantitative estimate of drug-likeness (QED) is 0.688. The van der Waals surface area contributed by atoms with Crippen LogP contribution in [0.15, 0.2) is 18.2 Å². The summed E-state index contributed by atoms with van der Waals surface area (Å²) in [5.41, 5.74) is 1.21. The molecule has 0 unspecified atom stereocenters. The number of aliphatic hydroxyl groups excluding tert-OH is 1. The lowest BCUT2D eigenvalue weighted by Crippen LogP contribution is -2.44. The average Bonchev–Trinajstić information content (AvgIpc) is 2.72. The fourth-order valence-corrected chi connectivity index (χ4v) is 5.22. The van der Waals surface area contributed by atoms with Gasteiger partial charge in [0.05, 0.1) is 16.3 Å². The van der Waals surface area contributed by atoms with E-state index in [1.807, 2.05) is 6.92 Å². The Morgan fingerprint density at radius 2 is 2.19 bits per heavy atom. The van der Waals surface area contributed by atoms with Crippen molar-refractivity contribution in [3.63, 3.8) is 0 Å². The number of benzene rings is 1. The van der Waals surface area contributed by atoms with Crippen molar-refractivity contribution >= 4 is 0 Å². The standard InChI is InChI=1S/C18H24O3/c1-18-7-6-13-12-5-3-11(19)8-10(12)2-4-14(13)15(18)9-16(20)17(18)21/h3,5,8,13-17,19-21H,2,4,6-7,9H2,1H3/t13-,14-,15+,16-,17+,18+/m1/s1/i3D,8D,17D. The number of fused-ring (bicyclic) bond motifs is 5. The van der Waals surface area contributed by atoms with Gasteiger partial charge in [0.2, 0.25) is 0 Å². The summed E-state index contributed by atoms with van der Waals surface area (Å²) >= 11 is 0. The molecule has 0 radical (unpaired) electrons. The van der Waals surface area contributed by atoms with E-state index in [4.69, 9.17) is 4.11 Å². The average molecular weight is 291 g/mol. The highest BCUT2D eigenvalue weighted by atomic mass is 16.3. The van der Waals surface area contributed by atoms with Crippen molar-refractivity contribution in [2.24, 2.45) is 17.3 Å². The Hall–Kier alpha value is -1.06. The number of rotatable bonds is 0. The third-order valence-electron chi connectivity index (χ3n) is 6.31. The van der Waals surface area contributed by atoms with Gasteiger partial charge in [-0.3, -0.25) is 0 Å². The van der Waals surface area contributed by atoms with Crippen molar-refractivity contribution in [3.8, 4) is 5.75 Å². The highest BCUT2D eigenvalue weighted by molar-refractivity contribution is 5.40. The maximum atomic E-state index is 10.6. The lowest BCUT2D eigenvalue weighted by molar-refractivity contribution is -0.0505. The highest BCUT2D eigenvalue weighted by Crippen LogP contribution is 2.60. The normalized spacial score (nSPS) is 50.3. The van der Waals surface area contributed by atoms with E-state index in [-0.39, 0.29) is 35.6 Å². The molecule has 0 heterocycles. The van der Waals surface area contributed by atoms with Gasteiger partial charge in [-0.15, -0.1) is 0 Å². The first-order valence-corrected chi connectivity index (χ1v) is 7.91. The molecule has 0 aromatic heterocycles. The summed E-state index contributed by atoms with van der Waals surface area (Å²) in [5.74, 6) is 0.249. The third-order valence-corrected chi connectivity index (χ3v) is 6.31. The van der Waals surface area contributed by atoms with E-state index in [0.717, 1.165) is 24.0 Å². The molecule has 3 nitrogen and oxygen atoms in total. The minimum Gasteiger partial charge on any atom is -0.508 e. The van der Waals surface area contributed by atoms with Gasteiger partial charge < -0.3 is 15.3 Å². The molecular formula is C18H24O3. The van der Waals surface area contributed by atoms with Gasteiger partial charge in [0, 0.05) is 0 Å². The number of hydrogen-bond acceptors (Lipinski definition) is 3. The van der Waals surface area contributed by atoms with E-state index < -0.39 is 17.6 Å². The van der Waals surface area contributed by atoms with Crippen LogP contribution in [0.25, 0.3) is 0 Å². The molecule has 0 saturated heterocycles. The smallest absolute Gasteiger partial charge is 0.115 e.